The molecular weight excluding hydrogens is 366 g/mol. The van der Waals surface area contributed by atoms with E-state index in [1.165, 1.54) is 36.4 Å². The second-order valence-electron chi connectivity index (χ2n) is 5.93. The van der Waals surface area contributed by atoms with Crippen molar-refractivity contribution in [2.45, 2.75) is 12.8 Å². The first kappa shape index (κ1) is 18.8. The van der Waals surface area contributed by atoms with Crippen molar-refractivity contribution in [1.29, 1.82) is 0 Å². The molecule has 0 saturated heterocycles. The Morgan fingerprint density at radius 3 is 2.14 bits per heavy atom. The van der Waals surface area contributed by atoms with Crippen molar-refractivity contribution in [3.8, 4) is 0 Å². The summed E-state index contributed by atoms with van der Waals surface area (Å²) in [6.45, 7) is 0. The maximum absolute atomic E-state index is 12.4. The quantitative estimate of drug-likeness (QED) is 0.682. The number of hydrazine groups is 1. The number of carboxylic acid groups (broad SMARTS) is 1. The van der Waals surface area contributed by atoms with Crippen LogP contribution in [0.4, 0.5) is 5.69 Å². The number of carboxylic acids is 1. The molecular formula is C19H14N3O6-. The van der Waals surface area contributed by atoms with Gasteiger partial charge in [0, 0.05) is 23.6 Å². The average Bonchev–Trinajstić information content (AvgIpc) is 2.92. The highest BCUT2D eigenvalue weighted by atomic mass is 16.4. The molecule has 2 aromatic carbocycles. The third-order valence-electron chi connectivity index (χ3n) is 3.97. The number of nitrogens with one attached hydrogen (secondary N) is 2. The SMILES string of the molecule is O=C([O-])CCC(=O)Nc1cccc(C(=O)NN2C(=O)c3ccccc3C2=O)c1. The van der Waals surface area contributed by atoms with Crippen LogP contribution in [0.3, 0.4) is 0 Å². The lowest BCUT2D eigenvalue weighted by atomic mass is 10.1. The van der Waals surface area contributed by atoms with Gasteiger partial charge in [-0.25, -0.2) is 0 Å². The molecule has 2 aromatic rings. The van der Waals surface area contributed by atoms with Gasteiger partial charge in [-0.05, 0) is 36.8 Å². The van der Waals surface area contributed by atoms with Crippen molar-refractivity contribution < 1.29 is 29.1 Å². The third-order valence-corrected chi connectivity index (χ3v) is 3.97. The van der Waals surface area contributed by atoms with Gasteiger partial charge in [-0.2, -0.15) is 5.01 Å². The van der Waals surface area contributed by atoms with Crippen LogP contribution >= 0.6 is 0 Å². The first-order valence-corrected chi connectivity index (χ1v) is 8.25. The second-order valence-corrected chi connectivity index (χ2v) is 5.93. The smallest absolute Gasteiger partial charge is 0.280 e. The third kappa shape index (κ3) is 3.88. The predicted molar refractivity (Wildman–Crippen MR) is 93.7 cm³/mol. The predicted octanol–water partition coefficient (Wildman–Crippen LogP) is 0.0962. The zero-order valence-electron chi connectivity index (χ0n) is 14.4. The number of anilines is 1. The number of carbonyl (C=O) groups is 5. The molecule has 9 nitrogen and oxygen atoms in total. The Balaban J connectivity index is 1.69. The summed E-state index contributed by atoms with van der Waals surface area (Å²) in [4.78, 5) is 59.1. The molecule has 3 rings (SSSR count). The summed E-state index contributed by atoms with van der Waals surface area (Å²) >= 11 is 0. The number of carbonyl (C=O) groups excluding carboxylic acids is 5. The summed E-state index contributed by atoms with van der Waals surface area (Å²) in [5.74, 6) is -3.90. The molecule has 1 heterocycles. The highest BCUT2D eigenvalue weighted by Gasteiger charge is 2.36. The van der Waals surface area contributed by atoms with E-state index in [4.69, 9.17) is 0 Å². The molecule has 0 unspecified atom stereocenters. The lowest BCUT2D eigenvalue weighted by Crippen LogP contribution is -2.45. The molecule has 0 saturated carbocycles. The van der Waals surface area contributed by atoms with Crippen LogP contribution in [-0.4, -0.2) is 34.6 Å². The number of hydrogen-bond donors (Lipinski definition) is 2. The van der Waals surface area contributed by atoms with Gasteiger partial charge >= 0.3 is 0 Å². The van der Waals surface area contributed by atoms with E-state index in [1.54, 1.807) is 12.1 Å². The molecule has 0 fully saturated rings. The van der Waals surface area contributed by atoms with E-state index >= 15 is 0 Å². The molecule has 4 amide bonds. The number of rotatable bonds is 6. The Hall–Kier alpha value is -4.01. The molecule has 1 aliphatic heterocycles. The summed E-state index contributed by atoms with van der Waals surface area (Å²) in [6, 6.07) is 12.0. The monoisotopic (exact) mass is 380 g/mol. The van der Waals surface area contributed by atoms with E-state index in [1.807, 2.05) is 0 Å². The number of fused-ring (bicyclic) bond motifs is 1. The topological polar surface area (TPSA) is 136 Å². The molecule has 2 N–H and O–H groups in total. The molecule has 9 heteroatoms. The molecule has 0 radical (unpaired) electrons. The summed E-state index contributed by atoms with van der Waals surface area (Å²) < 4.78 is 0. The van der Waals surface area contributed by atoms with Gasteiger partial charge < -0.3 is 15.2 Å². The number of benzene rings is 2. The normalized spacial score (nSPS) is 12.5. The van der Waals surface area contributed by atoms with Gasteiger partial charge in [0.1, 0.15) is 0 Å². The molecule has 1 aliphatic rings. The van der Waals surface area contributed by atoms with Gasteiger partial charge in [0.15, 0.2) is 0 Å². The Morgan fingerprint density at radius 2 is 1.54 bits per heavy atom. The van der Waals surface area contributed by atoms with Crippen molar-refractivity contribution in [1.82, 2.24) is 10.4 Å². The van der Waals surface area contributed by atoms with Crippen molar-refractivity contribution in [3.63, 3.8) is 0 Å². The lowest BCUT2D eigenvalue weighted by molar-refractivity contribution is -0.305. The van der Waals surface area contributed by atoms with Crippen LogP contribution in [0.5, 0.6) is 0 Å². The van der Waals surface area contributed by atoms with Gasteiger partial charge in [-0.3, -0.25) is 24.6 Å². The van der Waals surface area contributed by atoms with E-state index in [0.29, 0.717) is 5.01 Å². The summed E-state index contributed by atoms with van der Waals surface area (Å²) in [5, 5.41) is 13.5. The van der Waals surface area contributed by atoms with Crippen LogP contribution in [-0.2, 0) is 9.59 Å². The Kier molecular flexibility index (Phi) is 5.16. The molecule has 0 bridgehead atoms. The number of aliphatic carboxylic acids is 1. The molecule has 0 aliphatic carbocycles. The Morgan fingerprint density at radius 1 is 0.893 bits per heavy atom. The van der Waals surface area contributed by atoms with Gasteiger partial charge in [0.2, 0.25) is 5.91 Å². The molecule has 0 aromatic heterocycles. The highest BCUT2D eigenvalue weighted by molar-refractivity contribution is 6.22. The van der Waals surface area contributed by atoms with Crippen LogP contribution in [0.2, 0.25) is 0 Å². The van der Waals surface area contributed by atoms with E-state index in [9.17, 15) is 29.1 Å². The molecule has 0 atom stereocenters. The highest BCUT2D eigenvalue weighted by Crippen LogP contribution is 2.21. The minimum Gasteiger partial charge on any atom is -0.550 e. The van der Waals surface area contributed by atoms with Crippen LogP contribution in [0.15, 0.2) is 48.5 Å². The summed E-state index contributed by atoms with van der Waals surface area (Å²) in [7, 11) is 0. The maximum Gasteiger partial charge on any atom is 0.280 e. The van der Waals surface area contributed by atoms with Gasteiger partial charge in [-0.1, -0.05) is 18.2 Å². The van der Waals surface area contributed by atoms with E-state index in [2.05, 4.69) is 10.7 Å². The fraction of sp³-hybridized carbons (Fsp3) is 0.105. The van der Waals surface area contributed by atoms with Crippen molar-refractivity contribution in [2.24, 2.45) is 0 Å². The maximum atomic E-state index is 12.4. The minimum atomic E-state index is -1.34. The van der Waals surface area contributed by atoms with Crippen LogP contribution in [0, 0.1) is 0 Å². The second kappa shape index (κ2) is 7.70. The lowest BCUT2D eigenvalue weighted by Gasteiger charge is -2.15. The fourth-order valence-electron chi connectivity index (χ4n) is 2.63. The van der Waals surface area contributed by atoms with E-state index < -0.39 is 36.0 Å². The standard InChI is InChI=1S/C19H15N3O6/c23-15(8-9-16(24)25)20-12-5-3-4-11(10-12)17(26)21-22-18(27)13-6-1-2-7-14(13)19(22)28/h1-7,10H,8-9H2,(H,20,23)(H,21,26)(H,24,25)/p-1. The average molecular weight is 380 g/mol. The number of hydrogen-bond acceptors (Lipinski definition) is 6. The first-order chi connectivity index (χ1) is 13.4. The van der Waals surface area contributed by atoms with Gasteiger partial charge in [0.05, 0.1) is 11.1 Å². The van der Waals surface area contributed by atoms with Crippen LogP contribution in [0.25, 0.3) is 0 Å². The van der Waals surface area contributed by atoms with Crippen molar-refractivity contribution in [3.05, 3.63) is 65.2 Å². The van der Waals surface area contributed by atoms with Crippen molar-refractivity contribution in [2.75, 3.05) is 5.32 Å². The number of amides is 4. The van der Waals surface area contributed by atoms with E-state index in [-0.39, 0.29) is 28.8 Å². The van der Waals surface area contributed by atoms with Gasteiger partial charge in [-0.15, -0.1) is 0 Å². The Labute approximate surface area is 158 Å². The van der Waals surface area contributed by atoms with Crippen molar-refractivity contribution >= 4 is 35.3 Å². The molecule has 28 heavy (non-hydrogen) atoms. The minimum absolute atomic E-state index is 0.0919. The zero-order chi connectivity index (χ0) is 20.3. The first-order valence-electron chi connectivity index (χ1n) is 8.25. The van der Waals surface area contributed by atoms with Crippen LogP contribution in [0.1, 0.15) is 43.9 Å². The summed E-state index contributed by atoms with van der Waals surface area (Å²) in [5.41, 5.74) is 3.01. The summed E-state index contributed by atoms with van der Waals surface area (Å²) in [6.07, 6.45) is -0.695. The van der Waals surface area contributed by atoms with E-state index in [0.717, 1.165) is 0 Å². The molecule has 0 spiro atoms. The Bertz CT molecular complexity index is 966. The largest absolute Gasteiger partial charge is 0.550 e. The number of nitrogens with zero attached hydrogens (tertiary/aromatic N) is 1. The van der Waals surface area contributed by atoms with Crippen LogP contribution < -0.4 is 15.8 Å². The zero-order valence-corrected chi connectivity index (χ0v) is 14.4. The number of imide groups is 1. The van der Waals surface area contributed by atoms with Gasteiger partial charge in [0.25, 0.3) is 17.7 Å². The molecule has 142 valence electrons. The fourth-order valence-corrected chi connectivity index (χ4v) is 2.63.